The van der Waals surface area contributed by atoms with Crippen LogP contribution >= 0.6 is 0 Å². The normalized spacial score (nSPS) is 10.7. The number of pyridine rings is 3. The molecule has 7 heteroatoms. The molecule has 28 heavy (non-hydrogen) atoms. The van der Waals surface area contributed by atoms with E-state index < -0.39 is 18.1 Å². The second kappa shape index (κ2) is 7.32. The average Bonchev–Trinajstić information content (AvgIpc) is 2.71. The van der Waals surface area contributed by atoms with Crippen LogP contribution in [-0.2, 0) is 11.3 Å². The molecule has 0 saturated heterocycles. The van der Waals surface area contributed by atoms with Gasteiger partial charge in [0, 0.05) is 35.6 Å². The highest BCUT2D eigenvalue weighted by Gasteiger charge is 2.11. The summed E-state index contributed by atoms with van der Waals surface area (Å²) in [5.74, 6) is -0.417. The number of carbonyl (C=O) groups is 1. The molecule has 138 valence electrons. The summed E-state index contributed by atoms with van der Waals surface area (Å²) in [5.41, 5.74) is 1.55. The van der Waals surface area contributed by atoms with E-state index in [9.17, 15) is 9.59 Å². The second-order valence-corrected chi connectivity index (χ2v) is 6.09. The van der Waals surface area contributed by atoms with Crippen LogP contribution in [-0.4, -0.2) is 25.6 Å². The second-order valence-electron chi connectivity index (χ2n) is 6.09. The first-order valence-corrected chi connectivity index (χ1v) is 8.50. The zero-order chi connectivity index (χ0) is 19.5. The standard InChI is InChI=1S/C21H15N3O4/c25-19-7-6-15(12-24(19)13-20(26)27)28-21-18-5-1-4-16(17(18)8-10-23-21)14-3-2-9-22-11-14/h1-12H,13H2,(H,26,27). The Morgan fingerprint density at radius 2 is 1.93 bits per heavy atom. The van der Waals surface area contributed by atoms with Crippen molar-refractivity contribution in [1.82, 2.24) is 14.5 Å². The molecular formula is C21H15N3O4. The van der Waals surface area contributed by atoms with Gasteiger partial charge in [-0.25, -0.2) is 4.98 Å². The maximum absolute atomic E-state index is 11.8. The Morgan fingerprint density at radius 3 is 2.71 bits per heavy atom. The molecule has 0 aliphatic carbocycles. The number of benzene rings is 1. The summed E-state index contributed by atoms with van der Waals surface area (Å²) in [5, 5.41) is 10.7. The van der Waals surface area contributed by atoms with Crippen molar-refractivity contribution in [1.29, 1.82) is 0 Å². The largest absolute Gasteiger partial charge is 0.480 e. The number of hydrogen-bond donors (Lipinski definition) is 1. The lowest BCUT2D eigenvalue weighted by Gasteiger charge is -2.11. The molecule has 0 bridgehead atoms. The maximum atomic E-state index is 11.8. The van der Waals surface area contributed by atoms with Gasteiger partial charge in [-0.2, -0.15) is 0 Å². The third-order valence-electron chi connectivity index (χ3n) is 4.22. The Bertz CT molecular complexity index is 1220. The van der Waals surface area contributed by atoms with Gasteiger partial charge in [-0.3, -0.25) is 14.6 Å². The molecule has 7 nitrogen and oxygen atoms in total. The summed E-state index contributed by atoms with van der Waals surface area (Å²) in [7, 11) is 0. The Labute approximate surface area is 159 Å². The van der Waals surface area contributed by atoms with Crippen molar-refractivity contribution >= 4 is 16.7 Å². The van der Waals surface area contributed by atoms with Crippen LogP contribution in [0, 0.1) is 0 Å². The number of aromatic nitrogens is 3. The molecular weight excluding hydrogens is 358 g/mol. The molecule has 0 atom stereocenters. The molecule has 0 aliphatic rings. The summed E-state index contributed by atoms with van der Waals surface area (Å²) < 4.78 is 6.95. The lowest BCUT2D eigenvalue weighted by atomic mass is 10.0. The van der Waals surface area contributed by atoms with Crippen molar-refractivity contribution < 1.29 is 14.6 Å². The molecule has 0 radical (unpaired) electrons. The molecule has 3 heterocycles. The number of nitrogens with zero attached hydrogens (tertiary/aromatic N) is 3. The SMILES string of the molecule is O=C(O)Cn1cc(Oc2nccc3c(-c4cccnc4)cccc23)ccc1=O. The molecule has 4 rings (SSSR count). The van der Waals surface area contributed by atoms with E-state index in [1.807, 2.05) is 36.4 Å². The fourth-order valence-corrected chi connectivity index (χ4v) is 2.99. The first-order chi connectivity index (χ1) is 13.6. The topological polar surface area (TPSA) is 94.3 Å². The summed E-state index contributed by atoms with van der Waals surface area (Å²) in [6, 6.07) is 14.3. The molecule has 0 saturated carbocycles. The zero-order valence-electron chi connectivity index (χ0n) is 14.6. The number of aliphatic carboxylic acids is 1. The van der Waals surface area contributed by atoms with Gasteiger partial charge in [0.1, 0.15) is 12.3 Å². The van der Waals surface area contributed by atoms with Crippen molar-refractivity contribution in [2.45, 2.75) is 6.54 Å². The monoisotopic (exact) mass is 373 g/mol. The van der Waals surface area contributed by atoms with Crippen LogP contribution in [0.2, 0.25) is 0 Å². The van der Waals surface area contributed by atoms with Gasteiger partial charge in [0.25, 0.3) is 5.56 Å². The number of rotatable bonds is 5. The minimum Gasteiger partial charge on any atom is -0.480 e. The first-order valence-electron chi connectivity index (χ1n) is 8.50. The van der Waals surface area contributed by atoms with E-state index in [0.29, 0.717) is 11.6 Å². The third-order valence-corrected chi connectivity index (χ3v) is 4.22. The predicted octanol–water partition coefficient (Wildman–Crippen LogP) is 3.34. The van der Waals surface area contributed by atoms with Crippen LogP contribution in [0.5, 0.6) is 11.6 Å². The Kier molecular flexibility index (Phi) is 4.55. The average molecular weight is 373 g/mol. The molecule has 0 unspecified atom stereocenters. The fourth-order valence-electron chi connectivity index (χ4n) is 2.99. The Morgan fingerprint density at radius 1 is 1.04 bits per heavy atom. The Hall–Kier alpha value is -4.00. The van der Waals surface area contributed by atoms with Gasteiger partial charge in [0.05, 0.1) is 6.20 Å². The van der Waals surface area contributed by atoms with Gasteiger partial charge in [0.2, 0.25) is 5.88 Å². The Balaban J connectivity index is 1.77. The van der Waals surface area contributed by atoms with Crippen LogP contribution in [0.1, 0.15) is 0 Å². The number of hydrogen-bond acceptors (Lipinski definition) is 5. The molecule has 1 aromatic carbocycles. The summed E-state index contributed by atoms with van der Waals surface area (Å²) in [4.78, 5) is 31.2. The summed E-state index contributed by atoms with van der Waals surface area (Å²) in [6.45, 7) is -0.440. The van der Waals surface area contributed by atoms with Crippen LogP contribution in [0.25, 0.3) is 21.9 Å². The number of carboxylic acids is 1. The molecule has 0 fully saturated rings. The highest BCUT2D eigenvalue weighted by Crippen LogP contribution is 2.33. The van der Waals surface area contributed by atoms with Crippen molar-refractivity contribution in [3.8, 4) is 22.8 Å². The quantitative estimate of drug-likeness (QED) is 0.577. The van der Waals surface area contributed by atoms with Gasteiger partial charge in [0.15, 0.2) is 0 Å². The fraction of sp³-hybridized carbons (Fsp3) is 0.0476. The molecule has 0 amide bonds. The molecule has 0 spiro atoms. The van der Waals surface area contributed by atoms with Crippen LogP contribution in [0.15, 0.2) is 78.1 Å². The molecule has 4 aromatic rings. The van der Waals surface area contributed by atoms with Crippen LogP contribution < -0.4 is 10.3 Å². The van der Waals surface area contributed by atoms with E-state index in [2.05, 4.69) is 9.97 Å². The van der Waals surface area contributed by atoms with Crippen LogP contribution in [0.4, 0.5) is 0 Å². The predicted molar refractivity (Wildman–Crippen MR) is 103 cm³/mol. The van der Waals surface area contributed by atoms with Gasteiger partial charge in [-0.05, 0) is 35.2 Å². The first kappa shape index (κ1) is 17.4. The molecule has 3 aromatic heterocycles. The van der Waals surface area contributed by atoms with Gasteiger partial charge < -0.3 is 14.4 Å². The number of ether oxygens (including phenoxy) is 1. The van der Waals surface area contributed by atoms with Crippen molar-refractivity contribution in [2.24, 2.45) is 0 Å². The maximum Gasteiger partial charge on any atom is 0.323 e. The molecule has 1 N–H and O–H groups in total. The third kappa shape index (κ3) is 3.45. The lowest BCUT2D eigenvalue weighted by Crippen LogP contribution is -2.22. The zero-order valence-corrected chi connectivity index (χ0v) is 14.6. The van der Waals surface area contributed by atoms with Gasteiger partial charge >= 0.3 is 5.97 Å². The minimum absolute atomic E-state index is 0.327. The van der Waals surface area contributed by atoms with E-state index in [4.69, 9.17) is 9.84 Å². The summed E-state index contributed by atoms with van der Waals surface area (Å²) in [6.07, 6.45) is 6.51. The van der Waals surface area contributed by atoms with Crippen LogP contribution in [0.3, 0.4) is 0 Å². The van der Waals surface area contributed by atoms with Crippen molar-refractivity contribution in [2.75, 3.05) is 0 Å². The summed E-state index contributed by atoms with van der Waals surface area (Å²) >= 11 is 0. The highest BCUT2D eigenvalue weighted by molar-refractivity contribution is 5.98. The van der Waals surface area contributed by atoms with Crippen molar-refractivity contribution in [3.05, 3.63) is 83.7 Å². The minimum atomic E-state index is -1.11. The number of fused-ring (bicyclic) bond motifs is 1. The van der Waals surface area contributed by atoms with E-state index in [-0.39, 0.29) is 0 Å². The van der Waals surface area contributed by atoms with E-state index in [1.54, 1.807) is 18.6 Å². The van der Waals surface area contributed by atoms with Crippen molar-refractivity contribution in [3.63, 3.8) is 0 Å². The van der Waals surface area contributed by atoms with E-state index >= 15 is 0 Å². The number of carboxylic acid groups (broad SMARTS) is 1. The highest BCUT2D eigenvalue weighted by atomic mass is 16.5. The van der Waals surface area contributed by atoms with E-state index in [1.165, 1.54) is 18.3 Å². The van der Waals surface area contributed by atoms with Gasteiger partial charge in [-0.15, -0.1) is 0 Å². The lowest BCUT2D eigenvalue weighted by molar-refractivity contribution is -0.137. The van der Waals surface area contributed by atoms with Gasteiger partial charge in [-0.1, -0.05) is 18.2 Å². The van der Waals surface area contributed by atoms with E-state index in [0.717, 1.165) is 26.5 Å². The smallest absolute Gasteiger partial charge is 0.323 e. The molecule has 0 aliphatic heterocycles.